The van der Waals surface area contributed by atoms with Crippen LogP contribution in [0.5, 0.6) is 0 Å². The van der Waals surface area contributed by atoms with Crippen LogP contribution in [0.1, 0.15) is 23.1 Å². The van der Waals surface area contributed by atoms with E-state index in [0.29, 0.717) is 13.0 Å². The maximum absolute atomic E-state index is 12.7. The van der Waals surface area contributed by atoms with E-state index < -0.39 is 12.1 Å². The molecule has 31 heavy (non-hydrogen) atoms. The summed E-state index contributed by atoms with van der Waals surface area (Å²) >= 11 is 0. The van der Waals surface area contributed by atoms with Gasteiger partial charge in [-0.15, -0.1) is 0 Å². The summed E-state index contributed by atoms with van der Waals surface area (Å²) in [7, 11) is 0. The first-order chi connectivity index (χ1) is 15.0. The maximum Gasteiger partial charge on any atom is 0.315 e. The zero-order chi connectivity index (χ0) is 22.1. The van der Waals surface area contributed by atoms with Gasteiger partial charge in [0.1, 0.15) is 6.04 Å². The predicted molar refractivity (Wildman–Crippen MR) is 121 cm³/mol. The summed E-state index contributed by atoms with van der Waals surface area (Å²) in [6.45, 7) is 2.61. The zero-order valence-corrected chi connectivity index (χ0v) is 17.5. The van der Waals surface area contributed by atoms with E-state index in [1.54, 1.807) is 0 Å². The molecule has 0 bridgehead atoms. The van der Waals surface area contributed by atoms with Crippen molar-refractivity contribution in [3.05, 3.63) is 83.4 Å². The fourth-order valence-electron chi connectivity index (χ4n) is 3.39. The fraction of sp³-hybridized carbons (Fsp3) is 0.240. The van der Waals surface area contributed by atoms with Gasteiger partial charge in [0.05, 0.1) is 12.5 Å². The topological polar surface area (TPSA) is 94.0 Å². The molecule has 158 valence electrons. The van der Waals surface area contributed by atoms with Crippen LogP contribution in [0.4, 0.5) is 4.79 Å². The van der Waals surface area contributed by atoms with Gasteiger partial charge in [0.25, 0.3) is 0 Å². The normalized spacial score (nSPS) is 11.4. The van der Waals surface area contributed by atoms with Crippen molar-refractivity contribution in [2.75, 3.05) is 6.54 Å². The molecule has 0 aliphatic heterocycles. The highest BCUT2D eigenvalue weighted by atomic mass is 16.2. The quantitative estimate of drug-likeness (QED) is 0.492. The predicted octanol–water partition coefficient (Wildman–Crippen LogP) is 3.59. The van der Waals surface area contributed by atoms with E-state index in [0.717, 1.165) is 27.5 Å². The number of hydrogen-bond donors (Lipinski definition) is 3. The molecule has 0 radical (unpaired) electrons. The molecule has 3 rings (SSSR count). The highest BCUT2D eigenvalue weighted by molar-refractivity contribution is 5.88. The molecule has 3 N–H and O–H groups in total. The van der Waals surface area contributed by atoms with Crippen molar-refractivity contribution in [2.24, 2.45) is 0 Å². The molecule has 6 nitrogen and oxygen atoms in total. The molecule has 0 aliphatic carbocycles. The van der Waals surface area contributed by atoms with Crippen molar-refractivity contribution >= 4 is 22.7 Å². The van der Waals surface area contributed by atoms with E-state index in [9.17, 15) is 9.59 Å². The van der Waals surface area contributed by atoms with Crippen LogP contribution in [0, 0.1) is 18.3 Å². The molecule has 0 heterocycles. The third-order valence-electron chi connectivity index (χ3n) is 4.95. The number of nitrogens with one attached hydrogen (secondary N) is 3. The standard InChI is InChI=1S/C25H26N4O2/c1-18-6-4-7-20(14-18)17-28-25(31)29-23(24(30)27-13-5-12-26)16-19-10-11-21-8-2-3-9-22(21)15-19/h2-4,6-11,14-15,23H,5,13,16-17H2,1H3,(H,27,30)(H2,28,29,31). The van der Waals surface area contributed by atoms with Gasteiger partial charge in [0.2, 0.25) is 5.91 Å². The van der Waals surface area contributed by atoms with Crippen molar-refractivity contribution in [1.29, 1.82) is 5.26 Å². The minimum Gasteiger partial charge on any atom is -0.353 e. The first-order valence-electron chi connectivity index (χ1n) is 10.3. The van der Waals surface area contributed by atoms with Gasteiger partial charge < -0.3 is 16.0 Å². The number of rotatable bonds is 8. The van der Waals surface area contributed by atoms with Crippen molar-refractivity contribution in [3.63, 3.8) is 0 Å². The Morgan fingerprint density at radius 2 is 1.74 bits per heavy atom. The average molecular weight is 415 g/mol. The Kier molecular flexibility index (Phi) is 7.61. The van der Waals surface area contributed by atoms with Gasteiger partial charge in [-0.1, -0.05) is 72.3 Å². The largest absolute Gasteiger partial charge is 0.353 e. The Morgan fingerprint density at radius 1 is 0.935 bits per heavy atom. The average Bonchev–Trinajstić information content (AvgIpc) is 2.77. The van der Waals surface area contributed by atoms with E-state index in [4.69, 9.17) is 5.26 Å². The third-order valence-corrected chi connectivity index (χ3v) is 4.95. The van der Waals surface area contributed by atoms with Crippen LogP contribution in [-0.2, 0) is 17.8 Å². The molecule has 1 atom stereocenters. The van der Waals surface area contributed by atoms with E-state index in [1.165, 1.54) is 0 Å². The SMILES string of the molecule is Cc1cccc(CNC(=O)NC(Cc2ccc3ccccc3c2)C(=O)NCCC#N)c1. The minimum absolute atomic E-state index is 0.216. The number of hydrogen-bond acceptors (Lipinski definition) is 3. The fourth-order valence-corrected chi connectivity index (χ4v) is 3.39. The number of aryl methyl sites for hydroxylation is 1. The molecule has 0 saturated heterocycles. The molecule has 0 aromatic heterocycles. The molecule has 3 aromatic carbocycles. The molecule has 3 amide bonds. The van der Waals surface area contributed by atoms with Gasteiger partial charge in [-0.25, -0.2) is 4.79 Å². The molecule has 0 spiro atoms. The highest BCUT2D eigenvalue weighted by Crippen LogP contribution is 2.17. The van der Waals surface area contributed by atoms with Gasteiger partial charge in [-0.05, 0) is 28.8 Å². The van der Waals surface area contributed by atoms with Crippen LogP contribution in [0.3, 0.4) is 0 Å². The lowest BCUT2D eigenvalue weighted by Gasteiger charge is -2.19. The second-order valence-corrected chi connectivity index (χ2v) is 7.45. The van der Waals surface area contributed by atoms with Crippen LogP contribution in [0.25, 0.3) is 10.8 Å². The monoisotopic (exact) mass is 414 g/mol. The van der Waals surface area contributed by atoms with Crippen LogP contribution in [-0.4, -0.2) is 24.5 Å². The van der Waals surface area contributed by atoms with Gasteiger partial charge >= 0.3 is 6.03 Å². The van der Waals surface area contributed by atoms with E-state index in [1.807, 2.05) is 79.7 Å². The van der Waals surface area contributed by atoms with Crippen molar-refractivity contribution in [1.82, 2.24) is 16.0 Å². The number of carbonyl (C=O) groups excluding carboxylic acids is 2. The van der Waals surface area contributed by atoms with Gasteiger partial charge in [-0.2, -0.15) is 5.26 Å². The van der Waals surface area contributed by atoms with E-state index in [2.05, 4.69) is 16.0 Å². The summed E-state index contributed by atoms with van der Waals surface area (Å²) in [6, 6.07) is 22.7. The lowest BCUT2D eigenvalue weighted by atomic mass is 10.0. The Morgan fingerprint density at radius 3 is 2.52 bits per heavy atom. The lowest BCUT2D eigenvalue weighted by Crippen LogP contribution is -2.51. The first kappa shape index (κ1) is 21.8. The molecule has 3 aromatic rings. The number of nitrogens with zero attached hydrogens (tertiary/aromatic N) is 1. The van der Waals surface area contributed by atoms with Gasteiger partial charge in [0.15, 0.2) is 0 Å². The summed E-state index contributed by atoms with van der Waals surface area (Å²) < 4.78 is 0. The zero-order valence-electron chi connectivity index (χ0n) is 17.5. The number of benzene rings is 3. The van der Waals surface area contributed by atoms with Crippen molar-refractivity contribution in [3.8, 4) is 6.07 Å². The van der Waals surface area contributed by atoms with Crippen LogP contribution in [0.15, 0.2) is 66.7 Å². The van der Waals surface area contributed by atoms with Crippen molar-refractivity contribution < 1.29 is 9.59 Å². The Hall–Kier alpha value is -3.85. The smallest absolute Gasteiger partial charge is 0.315 e. The lowest BCUT2D eigenvalue weighted by molar-refractivity contribution is -0.122. The number of fused-ring (bicyclic) bond motifs is 1. The van der Waals surface area contributed by atoms with E-state index >= 15 is 0 Å². The van der Waals surface area contributed by atoms with Gasteiger partial charge in [-0.3, -0.25) is 4.79 Å². The third kappa shape index (κ3) is 6.58. The summed E-state index contributed by atoms with van der Waals surface area (Å²) in [5, 5.41) is 19.2. The molecule has 0 fully saturated rings. The molecule has 6 heteroatoms. The summed E-state index contributed by atoms with van der Waals surface area (Å²) in [5.41, 5.74) is 3.04. The Balaban J connectivity index is 1.68. The van der Waals surface area contributed by atoms with Crippen LogP contribution >= 0.6 is 0 Å². The van der Waals surface area contributed by atoms with Crippen LogP contribution in [0.2, 0.25) is 0 Å². The highest BCUT2D eigenvalue weighted by Gasteiger charge is 2.21. The minimum atomic E-state index is -0.752. The second-order valence-electron chi connectivity index (χ2n) is 7.45. The molecular weight excluding hydrogens is 388 g/mol. The number of carbonyl (C=O) groups is 2. The molecule has 0 aliphatic rings. The Bertz CT molecular complexity index is 1100. The summed E-state index contributed by atoms with van der Waals surface area (Å²) in [4.78, 5) is 25.2. The Labute approximate surface area is 182 Å². The molecule has 1 unspecified atom stereocenters. The second kappa shape index (κ2) is 10.8. The number of nitriles is 1. The van der Waals surface area contributed by atoms with Gasteiger partial charge in [0, 0.05) is 19.5 Å². The van der Waals surface area contributed by atoms with Crippen molar-refractivity contribution in [2.45, 2.75) is 32.4 Å². The maximum atomic E-state index is 12.7. The number of amides is 3. The van der Waals surface area contributed by atoms with E-state index in [-0.39, 0.29) is 18.9 Å². The number of urea groups is 1. The molecular formula is C25H26N4O2. The summed E-state index contributed by atoms with van der Waals surface area (Å²) in [6.07, 6.45) is 0.565. The molecule has 0 saturated carbocycles. The van der Waals surface area contributed by atoms with Crippen LogP contribution < -0.4 is 16.0 Å². The summed E-state index contributed by atoms with van der Waals surface area (Å²) in [5.74, 6) is -0.311. The first-order valence-corrected chi connectivity index (χ1v) is 10.3.